The number of aryl methyl sites for hydroxylation is 2. The van der Waals surface area contributed by atoms with E-state index in [2.05, 4.69) is 28.8 Å². The number of rotatable bonds is 7. The van der Waals surface area contributed by atoms with Gasteiger partial charge in [-0.1, -0.05) is 50.6 Å². The average Bonchev–Trinajstić information content (AvgIpc) is 3.13. The fourth-order valence-electron chi connectivity index (χ4n) is 3.10. The Hall–Kier alpha value is -2.99. The lowest BCUT2D eigenvalue weighted by molar-refractivity contribution is -0.115. The summed E-state index contributed by atoms with van der Waals surface area (Å²) in [5.41, 5.74) is 4.22. The second kappa shape index (κ2) is 12.0. The number of halogens is 1. The average molecular weight is 440 g/mol. The van der Waals surface area contributed by atoms with E-state index in [1.54, 1.807) is 24.5 Å². The van der Waals surface area contributed by atoms with E-state index in [0.29, 0.717) is 17.9 Å². The summed E-state index contributed by atoms with van der Waals surface area (Å²) in [7, 11) is 1.80. The molecule has 0 radical (unpaired) electrons. The number of nitrogens with zero attached hydrogens (tertiary/aromatic N) is 5. The van der Waals surface area contributed by atoms with Gasteiger partial charge in [0, 0.05) is 35.8 Å². The van der Waals surface area contributed by atoms with Gasteiger partial charge in [-0.25, -0.2) is 5.01 Å². The predicted octanol–water partition coefficient (Wildman–Crippen LogP) is 5.72. The molecule has 6 nitrogen and oxygen atoms in total. The van der Waals surface area contributed by atoms with Crippen LogP contribution in [0.1, 0.15) is 50.8 Å². The van der Waals surface area contributed by atoms with Crippen molar-refractivity contribution in [1.82, 2.24) is 20.0 Å². The van der Waals surface area contributed by atoms with E-state index in [4.69, 9.17) is 11.6 Å². The molecule has 0 saturated carbocycles. The molecular formula is C24H30ClN5O. The number of hydrogen-bond donors (Lipinski definition) is 0. The molecule has 0 fully saturated rings. The maximum absolute atomic E-state index is 12.8. The van der Waals surface area contributed by atoms with Gasteiger partial charge in [-0.3, -0.25) is 4.79 Å². The summed E-state index contributed by atoms with van der Waals surface area (Å²) in [6.45, 7) is 10.1. The van der Waals surface area contributed by atoms with E-state index in [0.717, 1.165) is 41.1 Å². The number of hydrazone groups is 1. The molecule has 0 saturated heterocycles. The minimum Gasteiger partial charge on any atom is -0.294 e. The van der Waals surface area contributed by atoms with Gasteiger partial charge in [0.05, 0.1) is 23.3 Å². The second-order valence-electron chi connectivity index (χ2n) is 7.16. The number of carbonyl (C=O) groups excluding carboxylic acids is 1. The molecule has 1 aliphatic rings. The van der Waals surface area contributed by atoms with Gasteiger partial charge < -0.3 is 0 Å². The zero-order valence-electron chi connectivity index (χ0n) is 18.7. The molecule has 1 aromatic carbocycles. The fourth-order valence-corrected chi connectivity index (χ4v) is 3.23. The van der Waals surface area contributed by atoms with Crippen LogP contribution in [0.5, 0.6) is 0 Å². The van der Waals surface area contributed by atoms with Gasteiger partial charge in [0.1, 0.15) is 0 Å². The molecule has 2 heterocycles. The number of Topliss-reactive ketones (excluding diaryl/α,β-unsaturated/α-hetero) is 1. The third-order valence-electron chi connectivity index (χ3n) is 4.47. The molecule has 0 amide bonds. The van der Waals surface area contributed by atoms with Crippen LogP contribution in [0.25, 0.3) is 5.70 Å². The minimum atomic E-state index is 0.168. The zero-order chi connectivity index (χ0) is 22.8. The highest BCUT2D eigenvalue weighted by molar-refractivity contribution is 6.30. The van der Waals surface area contributed by atoms with Crippen LogP contribution < -0.4 is 0 Å². The first-order valence-electron chi connectivity index (χ1n) is 10.4. The van der Waals surface area contributed by atoms with Crippen molar-refractivity contribution >= 4 is 29.3 Å². The topological polar surface area (TPSA) is 63.4 Å². The maximum atomic E-state index is 12.8. The molecule has 7 heteroatoms. The Morgan fingerprint density at radius 3 is 2.29 bits per heavy atom. The highest BCUT2D eigenvalue weighted by Gasteiger charge is 2.22. The standard InChI is InChI=1S/C20H23ClN2O.C4H7N3/c1-4-7-18(19(24)8-5-2)20(16-10-12-17(21)13-11-16)23-15(3)9-6-14-22-23;1-4-3-5-7(2)6-4/h6,9-14H,3-5,7-8H2,1-2H3;3H,1-2H3/b20-18+;. The third kappa shape index (κ3) is 7.03. The Morgan fingerprint density at radius 2 is 1.81 bits per heavy atom. The van der Waals surface area contributed by atoms with E-state index >= 15 is 0 Å². The van der Waals surface area contributed by atoms with E-state index in [9.17, 15) is 4.79 Å². The number of allylic oxidation sites excluding steroid dienone is 3. The fraction of sp³-hybridized carbons (Fsp3) is 0.333. The minimum absolute atomic E-state index is 0.168. The van der Waals surface area contributed by atoms with Crippen molar-refractivity contribution in [2.45, 2.75) is 46.5 Å². The van der Waals surface area contributed by atoms with Crippen molar-refractivity contribution in [3.63, 3.8) is 0 Å². The largest absolute Gasteiger partial charge is 0.294 e. The van der Waals surface area contributed by atoms with Crippen LogP contribution in [0.3, 0.4) is 0 Å². The van der Waals surface area contributed by atoms with Crippen molar-refractivity contribution < 1.29 is 4.79 Å². The van der Waals surface area contributed by atoms with Crippen molar-refractivity contribution in [2.75, 3.05) is 0 Å². The van der Waals surface area contributed by atoms with Crippen LogP contribution in [0.4, 0.5) is 0 Å². The Bertz CT molecular complexity index is 969. The molecule has 1 aliphatic heterocycles. The highest BCUT2D eigenvalue weighted by atomic mass is 35.5. The molecule has 0 aliphatic carbocycles. The van der Waals surface area contributed by atoms with Gasteiger partial charge in [-0.05, 0) is 44.1 Å². The number of carbonyl (C=O) groups is 1. The second-order valence-corrected chi connectivity index (χ2v) is 7.60. The van der Waals surface area contributed by atoms with Gasteiger partial charge in [0.25, 0.3) is 0 Å². The number of aromatic nitrogens is 3. The molecule has 31 heavy (non-hydrogen) atoms. The SMILES string of the molecule is C=C1C=CC=NN1/C(=C(\CCC)C(=O)CCC)c1ccc(Cl)cc1.Cc1cnn(C)n1. The van der Waals surface area contributed by atoms with Crippen LogP contribution in [0, 0.1) is 6.92 Å². The lowest BCUT2D eigenvalue weighted by Crippen LogP contribution is -2.20. The van der Waals surface area contributed by atoms with E-state index in [1.807, 2.05) is 50.3 Å². The first kappa shape index (κ1) is 24.3. The van der Waals surface area contributed by atoms with Crippen molar-refractivity contribution in [2.24, 2.45) is 12.1 Å². The Balaban J connectivity index is 0.000000412. The van der Waals surface area contributed by atoms with Crippen molar-refractivity contribution in [3.8, 4) is 0 Å². The molecule has 0 spiro atoms. The zero-order valence-corrected chi connectivity index (χ0v) is 19.4. The maximum Gasteiger partial charge on any atom is 0.161 e. The third-order valence-corrected chi connectivity index (χ3v) is 4.72. The molecule has 0 unspecified atom stereocenters. The first-order valence-corrected chi connectivity index (χ1v) is 10.8. The van der Waals surface area contributed by atoms with Crippen LogP contribution in [-0.2, 0) is 11.8 Å². The summed E-state index contributed by atoms with van der Waals surface area (Å²) in [5.74, 6) is 0.168. The van der Waals surface area contributed by atoms with Crippen molar-refractivity contribution in [1.29, 1.82) is 0 Å². The monoisotopic (exact) mass is 439 g/mol. The predicted molar refractivity (Wildman–Crippen MR) is 128 cm³/mol. The molecule has 2 aromatic rings. The quantitative estimate of drug-likeness (QED) is 0.518. The molecule has 0 N–H and O–H groups in total. The van der Waals surface area contributed by atoms with Gasteiger partial charge in [-0.2, -0.15) is 20.1 Å². The number of benzene rings is 1. The normalized spacial score (nSPS) is 13.6. The molecule has 0 atom stereocenters. The molecule has 0 bridgehead atoms. The number of hydrogen-bond acceptors (Lipinski definition) is 5. The molecule has 164 valence electrons. The van der Waals surface area contributed by atoms with Gasteiger partial charge in [0.15, 0.2) is 5.78 Å². The highest BCUT2D eigenvalue weighted by Crippen LogP contribution is 2.32. The summed E-state index contributed by atoms with van der Waals surface area (Å²) in [6, 6.07) is 7.51. The van der Waals surface area contributed by atoms with Crippen LogP contribution in [0.15, 0.2) is 65.6 Å². The summed E-state index contributed by atoms with van der Waals surface area (Å²) < 4.78 is 0. The molecule has 1 aromatic heterocycles. The molecular weight excluding hydrogens is 410 g/mol. The summed E-state index contributed by atoms with van der Waals surface area (Å²) in [6.07, 6.45) is 10.1. The van der Waals surface area contributed by atoms with Gasteiger partial charge >= 0.3 is 0 Å². The summed E-state index contributed by atoms with van der Waals surface area (Å²) in [5, 5.41) is 14.6. The number of ketones is 1. The summed E-state index contributed by atoms with van der Waals surface area (Å²) >= 11 is 6.03. The van der Waals surface area contributed by atoms with Gasteiger partial charge in [0.2, 0.25) is 0 Å². The Morgan fingerprint density at radius 1 is 1.13 bits per heavy atom. The van der Waals surface area contributed by atoms with E-state index in [-0.39, 0.29) is 5.78 Å². The van der Waals surface area contributed by atoms with Crippen molar-refractivity contribution in [3.05, 3.63) is 76.7 Å². The Labute approximate surface area is 189 Å². The summed E-state index contributed by atoms with van der Waals surface area (Å²) in [4.78, 5) is 14.3. The van der Waals surface area contributed by atoms with Crippen LogP contribution >= 0.6 is 11.6 Å². The van der Waals surface area contributed by atoms with Crippen LogP contribution in [-0.4, -0.2) is 32.0 Å². The van der Waals surface area contributed by atoms with Crippen LogP contribution in [0.2, 0.25) is 5.02 Å². The first-order chi connectivity index (χ1) is 14.9. The lowest BCUT2D eigenvalue weighted by Gasteiger charge is -2.27. The molecule has 3 rings (SSSR count). The Kier molecular flexibility index (Phi) is 9.40. The van der Waals surface area contributed by atoms with E-state index < -0.39 is 0 Å². The smallest absolute Gasteiger partial charge is 0.161 e. The van der Waals surface area contributed by atoms with Gasteiger partial charge in [-0.15, -0.1) is 0 Å². The lowest BCUT2D eigenvalue weighted by atomic mass is 9.96. The van der Waals surface area contributed by atoms with E-state index in [1.165, 1.54) is 4.80 Å².